The molecule has 1 aliphatic heterocycles. The highest BCUT2D eigenvalue weighted by Gasteiger charge is 2.41. The number of likely N-dealkylation sites (tertiary alicyclic amines) is 1. The molecular formula is C20H32N4O. The van der Waals surface area contributed by atoms with E-state index in [-0.39, 0.29) is 12.0 Å². The second-order valence-electron chi connectivity index (χ2n) is 7.40. The van der Waals surface area contributed by atoms with E-state index in [1.54, 1.807) is 0 Å². The van der Waals surface area contributed by atoms with Gasteiger partial charge in [-0.25, -0.2) is 0 Å². The molecule has 3 rings (SSSR count). The Morgan fingerprint density at radius 1 is 1.20 bits per heavy atom. The molecule has 138 valence electrons. The first-order valence-electron chi connectivity index (χ1n) is 9.68. The van der Waals surface area contributed by atoms with E-state index in [2.05, 4.69) is 52.8 Å². The molecule has 1 atom stereocenters. The third kappa shape index (κ3) is 4.95. The number of guanidine groups is 1. The molecule has 0 bridgehead atoms. The maximum absolute atomic E-state index is 9.49. The van der Waals surface area contributed by atoms with Gasteiger partial charge < -0.3 is 15.7 Å². The van der Waals surface area contributed by atoms with Gasteiger partial charge in [-0.05, 0) is 51.3 Å². The average molecular weight is 345 g/mol. The van der Waals surface area contributed by atoms with Gasteiger partial charge in [-0.2, -0.15) is 0 Å². The van der Waals surface area contributed by atoms with Crippen LogP contribution in [0.2, 0.25) is 0 Å². The van der Waals surface area contributed by atoms with Crippen molar-refractivity contribution >= 4 is 5.96 Å². The van der Waals surface area contributed by atoms with Crippen LogP contribution in [0.1, 0.15) is 44.2 Å². The quantitative estimate of drug-likeness (QED) is 0.500. The van der Waals surface area contributed by atoms with Gasteiger partial charge in [-0.15, -0.1) is 0 Å². The Morgan fingerprint density at radius 3 is 2.52 bits per heavy atom. The highest BCUT2D eigenvalue weighted by atomic mass is 16.3. The van der Waals surface area contributed by atoms with Crippen LogP contribution in [0.15, 0.2) is 35.3 Å². The minimum absolute atomic E-state index is 0.0517. The summed E-state index contributed by atoms with van der Waals surface area (Å²) >= 11 is 0. The fraction of sp³-hybridized carbons (Fsp3) is 0.650. The Labute approximate surface area is 151 Å². The number of hydrogen-bond donors (Lipinski definition) is 3. The zero-order valence-electron chi connectivity index (χ0n) is 15.4. The van der Waals surface area contributed by atoms with Gasteiger partial charge in [0.2, 0.25) is 0 Å². The first kappa shape index (κ1) is 18.2. The zero-order chi connectivity index (χ0) is 17.5. The summed E-state index contributed by atoms with van der Waals surface area (Å²) in [6, 6.07) is 11.1. The summed E-state index contributed by atoms with van der Waals surface area (Å²) in [7, 11) is 0. The predicted molar refractivity (Wildman–Crippen MR) is 103 cm³/mol. The molecule has 0 radical (unpaired) electrons. The maximum atomic E-state index is 9.49. The number of aliphatic imine (C=N–C) groups is 1. The number of nitrogens with zero attached hydrogens (tertiary/aromatic N) is 2. The van der Waals surface area contributed by atoms with Crippen LogP contribution in [-0.4, -0.2) is 55.3 Å². The van der Waals surface area contributed by atoms with Crippen LogP contribution in [0.3, 0.4) is 0 Å². The molecule has 1 unspecified atom stereocenters. The number of aliphatic hydroxyl groups is 1. The summed E-state index contributed by atoms with van der Waals surface area (Å²) < 4.78 is 0. The first-order valence-corrected chi connectivity index (χ1v) is 9.68. The number of aliphatic hydroxyl groups excluding tert-OH is 1. The van der Waals surface area contributed by atoms with Crippen molar-refractivity contribution in [2.75, 3.05) is 39.3 Å². The molecule has 1 saturated carbocycles. The molecule has 5 heteroatoms. The van der Waals surface area contributed by atoms with Crippen molar-refractivity contribution < 1.29 is 5.11 Å². The molecular weight excluding hydrogens is 312 g/mol. The largest absolute Gasteiger partial charge is 0.396 e. The SMILES string of the molecule is CCNC(=NCC1(CO)CC1)NCC(c1ccccc1)N1CCCC1. The van der Waals surface area contributed by atoms with E-state index < -0.39 is 0 Å². The molecule has 2 aliphatic rings. The second kappa shape index (κ2) is 8.68. The van der Waals surface area contributed by atoms with Gasteiger partial charge in [0.05, 0.1) is 19.2 Å². The lowest BCUT2D eigenvalue weighted by molar-refractivity contribution is 0.216. The van der Waals surface area contributed by atoms with Gasteiger partial charge in [0.1, 0.15) is 0 Å². The lowest BCUT2D eigenvalue weighted by atomic mass is 10.1. The van der Waals surface area contributed by atoms with Crippen molar-refractivity contribution in [1.82, 2.24) is 15.5 Å². The lowest BCUT2D eigenvalue weighted by Gasteiger charge is -2.29. The summed E-state index contributed by atoms with van der Waals surface area (Å²) in [5.74, 6) is 0.863. The molecule has 2 fully saturated rings. The van der Waals surface area contributed by atoms with E-state index >= 15 is 0 Å². The molecule has 0 aromatic heterocycles. The Kier molecular flexibility index (Phi) is 6.32. The summed E-state index contributed by atoms with van der Waals surface area (Å²) in [4.78, 5) is 7.30. The van der Waals surface area contributed by atoms with Crippen molar-refractivity contribution in [3.05, 3.63) is 35.9 Å². The van der Waals surface area contributed by atoms with Crippen molar-refractivity contribution in [3.8, 4) is 0 Å². The van der Waals surface area contributed by atoms with Gasteiger partial charge >= 0.3 is 0 Å². The average Bonchev–Trinajstić information content (AvgIpc) is 3.24. The van der Waals surface area contributed by atoms with E-state index in [4.69, 9.17) is 4.99 Å². The predicted octanol–water partition coefficient (Wildman–Crippen LogP) is 2.15. The summed E-state index contributed by atoms with van der Waals surface area (Å²) in [5.41, 5.74) is 1.41. The minimum atomic E-state index is 0.0517. The highest BCUT2D eigenvalue weighted by Crippen LogP contribution is 2.45. The van der Waals surface area contributed by atoms with Gasteiger partial charge in [0.15, 0.2) is 5.96 Å². The molecule has 1 aromatic carbocycles. The Balaban J connectivity index is 1.64. The second-order valence-corrected chi connectivity index (χ2v) is 7.40. The zero-order valence-corrected chi connectivity index (χ0v) is 15.4. The molecule has 3 N–H and O–H groups in total. The van der Waals surface area contributed by atoms with Crippen LogP contribution in [0.25, 0.3) is 0 Å². The molecule has 5 nitrogen and oxygen atoms in total. The normalized spacial score (nSPS) is 21.1. The van der Waals surface area contributed by atoms with E-state index in [0.29, 0.717) is 12.6 Å². The van der Waals surface area contributed by atoms with Crippen molar-refractivity contribution in [2.45, 2.75) is 38.6 Å². The van der Waals surface area contributed by atoms with Crippen LogP contribution in [-0.2, 0) is 0 Å². The van der Waals surface area contributed by atoms with E-state index in [9.17, 15) is 5.11 Å². The number of hydrogen-bond acceptors (Lipinski definition) is 3. The molecule has 0 amide bonds. The Bertz CT molecular complexity index is 550. The first-order chi connectivity index (χ1) is 12.3. The molecule has 1 aromatic rings. The van der Waals surface area contributed by atoms with Crippen molar-refractivity contribution in [3.63, 3.8) is 0 Å². The van der Waals surface area contributed by atoms with E-state index in [1.807, 2.05) is 0 Å². The van der Waals surface area contributed by atoms with E-state index in [0.717, 1.165) is 31.9 Å². The fourth-order valence-corrected chi connectivity index (χ4v) is 3.51. The number of rotatable bonds is 8. The number of benzene rings is 1. The van der Waals surface area contributed by atoms with Crippen molar-refractivity contribution in [1.29, 1.82) is 0 Å². The smallest absolute Gasteiger partial charge is 0.191 e. The summed E-state index contributed by atoms with van der Waals surface area (Å²) in [6.07, 6.45) is 4.76. The summed E-state index contributed by atoms with van der Waals surface area (Å²) in [6.45, 7) is 7.07. The fourth-order valence-electron chi connectivity index (χ4n) is 3.51. The van der Waals surface area contributed by atoms with Crippen molar-refractivity contribution in [2.24, 2.45) is 10.4 Å². The standard InChI is InChI=1S/C20H32N4O/c1-2-21-19(23-15-20(16-25)10-11-20)22-14-18(24-12-6-7-13-24)17-8-4-3-5-9-17/h3-5,8-9,18,25H,2,6-7,10-16H2,1H3,(H2,21,22,23). The topological polar surface area (TPSA) is 59.9 Å². The lowest BCUT2D eigenvalue weighted by Crippen LogP contribution is -2.43. The summed E-state index contributed by atoms with van der Waals surface area (Å²) in [5, 5.41) is 16.4. The minimum Gasteiger partial charge on any atom is -0.396 e. The Hall–Kier alpha value is -1.59. The number of nitrogens with one attached hydrogen (secondary N) is 2. The molecule has 1 heterocycles. The van der Waals surface area contributed by atoms with Gasteiger partial charge in [0, 0.05) is 18.5 Å². The molecule has 25 heavy (non-hydrogen) atoms. The van der Waals surface area contributed by atoms with Gasteiger partial charge in [-0.3, -0.25) is 9.89 Å². The molecule has 0 spiro atoms. The van der Waals surface area contributed by atoms with Gasteiger partial charge in [0.25, 0.3) is 0 Å². The van der Waals surface area contributed by atoms with Crippen LogP contribution in [0, 0.1) is 5.41 Å². The molecule has 1 saturated heterocycles. The third-order valence-electron chi connectivity index (χ3n) is 5.44. The van der Waals surface area contributed by atoms with Crippen LogP contribution < -0.4 is 10.6 Å². The van der Waals surface area contributed by atoms with Crippen LogP contribution in [0.4, 0.5) is 0 Å². The monoisotopic (exact) mass is 344 g/mol. The Morgan fingerprint density at radius 2 is 1.92 bits per heavy atom. The molecule has 1 aliphatic carbocycles. The maximum Gasteiger partial charge on any atom is 0.191 e. The van der Waals surface area contributed by atoms with Crippen LogP contribution >= 0.6 is 0 Å². The highest BCUT2D eigenvalue weighted by molar-refractivity contribution is 5.79. The third-order valence-corrected chi connectivity index (χ3v) is 5.44. The van der Waals surface area contributed by atoms with Gasteiger partial charge in [-0.1, -0.05) is 30.3 Å². The van der Waals surface area contributed by atoms with Crippen LogP contribution in [0.5, 0.6) is 0 Å². The van der Waals surface area contributed by atoms with E-state index in [1.165, 1.54) is 31.5 Å².